The molecule has 2 atom stereocenters. The highest BCUT2D eigenvalue weighted by Crippen LogP contribution is 2.36. The van der Waals surface area contributed by atoms with Crippen molar-refractivity contribution in [1.29, 1.82) is 0 Å². The maximum atomic E-state index is 13.9. The van der Waals surface area contributed by atoms with Crippen molar-refractivity contribution in [2.75, 3.05) is 20.3 Å². The van der Waals surface area contributed by atoms with Gasteiger partial charge < -0.3 is 14.4 Å². The molecule has 2 rings (SSSR count). The fourth-order valence-corrected chi connectivity index (χ4v) is 3.25. The zero-order valence-corrected chi connectivity index (χ0v) is 15.4. The number of likely N-dealkylation sites (tertiary alicyclic amines) is 1. The van der Waals surface area contributed by atoms with Crippen LogP contribution in [0.25, 0.3) is 0 Å². The first kappa shape index (κ1) is 20.2. The lowest BCUT2D eigenvalue weighted by molar-refractivity contribution is -0.146. The Labute approximate surface area is 156 Å². The monoisotopic (exact) mass is 385 g/mol. The van der Waals surface area contributed by atoms with E-state index in [-0.39, 0.29) is 36.8 Å². The Morgan fingerprint density at radius 2 is 2.08 bits per heavy atom. The molecule has 1 aromatic carbocycles. The molecule has 1 saturated heterocycles. The molecule has 142 valence electrons. The quantitative estimate of drug-likeness (QED) is 0.572. The van der Waals surface area contributed by atoms with Crippen LogP contribution in [0.3, 0.4) is 0 Å². The number of piperidine rings is 1. The summed E-state index contributed by atoms with van der Waals surface area (Å²) in [7, 11) is 1.26. The molecule has 6 nitrogen and oxygen atoms in total. The van der Waals surface area contributed by atoms with Crippen LogP contribution in [0.5, 0.6) is 0 Å². The Balaban J connectivity index is 2.21. The first-order valence-electron chi connectivity index (χ1n) is 8.35. The molecule has 1 aliphatic rings. The van der Waals surface area contributed by atoms with Crippen molar-refractivity contribution in [2.24, 2.45) is 5.92 Å². The van der Waals surface area contributed by atoms with Gasteiger partial charge in [-0.2, -0.15) is 0 Å². The van der Waals surface area contributed by atoms with Crippen LogP contribution in [0.4, 0.5) is 9.18 Å². The van der Waals surface area contributed by atoms with Crippen molar-refractivity contribution in [3.8, 4) is 0 Å². The van der Waals surface area contributed by atoms with E-state index in [2.05, 4.69) is 0 Å². The van der Waals surface area contributed by atoms with Crippen molar-refractivity contribution in [3.63, 3.8) is 0 Å². The second-order valence-corrected chi connectivity index (χ2v) is 6.43. The van der Waals surface area contributed by atoms with E-state index in [0.29, 0.717) is 12.0 Å². The third-order valence-electron chi connectivity index (χ3n) is 4.42. The Morgan fingerprint density at radius 3 is 2.69 bits per heavy atom. The van der Waals surface area contributed by atoms with Crippen LogP contribution < -0.4 is 0 Å². The molecule has 0 unspecified atom stereocenters. The van der Waals surface area contributed by atoms with Gasteiger partial charge >= 0.3 is 12.1 Å². The third kappa shape index (κ3) is 4.72. The molecule has 0 aliphatic carbocycles. The van der Waals surface area contributed by atoms with Gasteiger partial charge in [-0.05, 0) is 37.5 Å². The lowest BCUT2D eigenvalue weighted by Gasteiger charge is -2.38. The molecule has 26 heavy (non-hydrogen) atoms. The van der Waals surface area contributed by atoms with Gasteiger partial charge in [-0.25, -0.2) is 9.18 Å². The highest BCUT2D eigenvalue weighted by molar-refractivity contribution is 6.30. The Kier molecular flexibility index (Phi) is 6.97. The van der Waals surface area contributed by atoms with Gasteiger partial charge in [0.1, 0.15) is 18.0 Å². The van der Waals surface area contributed by atoms with Gasteiger partial charge in [-0.1, -0.05) is 17.7 Å². The molecule has 1 fully saturated rings. The minimum absolute atomic E-state index is 0.0240. The van der Waals surface area contributed by atoms with Crippen molar-refractivity contribution >= 4 is 29.4 Å². The zero-order valence-electron chi connectivity index (χ0n) is 14.7. The summed E-state index contributed by atoms with van der Waals surface area (Å²) in [5.74, 6) is -1.84. The summed E-state index contributed by atoms with van der Waals surface area (Å²) in [5, 5.41) is -0.0240. The van der Waals surface area contributed by atoms with E-state index in [4.69, 9.17) is 21.1 Å². The average Bonchev–Trinajstić information content (AvgIpc) is 2.63. The summed E-state index contributed by atoms with van der Waals surface area (Å²) in [6, 6.07) is 3.73. The molecule has 0 bridgehead atoms. The Hall–Kier alpha value is -2.15. The fraction of sp³-hybridized carbons (Fsp3) is 0.500. The zero-order chi connectivity index (χ0) is 19.3. The molecule has 0 radical (unpaired) electrons. The first-order valence-corrected chi connectivity index (χ1v) is 8.73. The van der Waals surface area contributed by atoms with E-state index in [0.717, 1.165) is 0 Å². The maximum Gasteiger partial charge on any atom is 0.409 e. The molecule has 0 aromatic heterocycles. The second kappa shape index (κ2) is 8.98. The average molecular weight is 386 g/mol. The molecule has 0 N–H and O–H groups in total. The van der Waals surface area contributed by atoms with E-state index in [9.17, 15) is 18.8 Å². The number of hydrogen-bond acceptors (Lipinski definition) is 5. The Bertz CT molecular complexity index is 696. The summed E-state index contributed by atoms with van der Waals surface area (Å²) in [5.41, 5.74) is 0.519. The highest BCUT2D eigenvalue weighted by Gasteiger charge is 2.36. The number of esters is 1. The number of hydrogen-bond donors (Lipinski definition) is 0. The number of benzene rings is 1. The number of methoxy groups -OCH3 is 1. The van der Waals surface area contributed by atoms with Gasteiger partial charge in [0.25, 0.3) is 0 Å². The van der Waals surface area contributed by atoms with Gasteiger partial charge in [-0.3, -0.25) is 9.59 Å². The van der Waals surface area contributed by atoms with Crippen LogP contribution in [-0.2, 0) is 19.1 Å². The standard InChI is InChI=1S/C18H21ClFNO5/c1-3-26-17(23)10-16(22)12-6-7-21(18(24)25-2)15(9-12)11-4-5-13(19)14(20)8-11/h4-5,8,12,15H,3,6-7,9-10H2,1-2H3/t12-,15-/m0/s1. The normalized spacial score (nSPS) is 19.8. The third-order valence-corrected chi connectivity index (χ3v) is 4.73. The van der Waals surface area contributed by atoms with Crippen molar-refractivity contribution in [2.45, 2.75) is 32.2 Å². The molecule has 0 saturated carbocycles. The summed E-state index contributed by atoms with van der Waals surface area (Å²) in [6.07, 6.45) is -0.186. The van der Waals surface area contributed by atoms with E-state index >= 15 is 0 Å². The molecular formula is C18H21ClFNO5. The topological polar surface area (TPSA) is 72.9 Å². The minimum Gasteiger partial charge on any atom is -0.466 e. The maximum absolute atomic E-state index is 13.9. The summed E-state index contributed by atoms with van der Waals surface area (Å²) < 4.78 is 23.5. The SMILES string of the molecule is CCOC(=O)CC(=O)[C@H]1CCN(C(=O)OC)[C@H](c2ccc(Cl)c(F)c2)C1. The van der Waals surface area contributed by atoms with Crippen LogP contribution >= 0.6 is 11.6 Å². The predicted octanol–water partition coefficient (Wildman–Crippen LogP) is 3.52. The van der Waals surface area contributed by atoms with Crippen molar-refractivity contribution < 1.29 is 28.2 Å². The molecule has 1 heterocycles. The van der Waals surface area contributed by atoms with E-state index in [1.165, 1.54) is 24.1 Å². The smallest absolute Gasteiger partial charge is 0.409 e. The number of Topliss-reactive ketones (excluding diaryl/α,β-unsaturated/α-hetero) is 1. The number of ketones is 1. The number of ether oxygens (including phenoxy) is 2. The summed E-state index contributed by atoms with van der Waals surface area (Å²) in [4.78, 5) is 37.5. The number of amides is 1. The highest BCUT2D eigenvalue weighted by atomic mass is 35.5. The molecule has 0 spiro atoms. The summed E-state index contributed by atoms with van der Waals surface area (Å²) in [6.45, 7) is 2.14. The molecule has 8 heteroatoms. The van der Waals surface area contributed by atoms with Crippen LogP contribution in [0.15, 0.2) is 18.2 Å². The van der Waals surface area contributed by atoms with Gasteiger partial charge in [0, 0.05) is 12.5 Å². The Morgan fingerprint density at radius 1 is 1.35 bits per heavy atom. The number of carbonyl (C=O) groups is 3. The van der Waals surface area contributed by atoms with Gasteiger partial charge in [0.2, 0.25) is 0 Å². The van der Waals surface area contributed by atoms with Crippen molar-refractivity contribution in [3.05, 3.63) is 34.6 Å². The van der Waals surface area contributed by atoms with Crippen molar-refractivity contribution in [1.82, 2.24) is 4.90 Å². The molecular weight excluding hydrogens is 365 g/mol. The number of nitrogens with zero attached hydrogens (tertiary/aromatic N) is 1. The van der Waals surface area contributed by atoms with Crippen LogP contribution in [0.2, 0.25) is 5.02 Å². The number of rotatable bonds is 5. The first-order chi connectivity index (χ1) is 12.4. The van der Waals surface area contributed by atoms with E-state index in [1.54, 1.807) is 13.0 Å². The van der Waals surface area contributed by atoms with Crippen LogP contribution in [0.1, 0.15) is 37.8 Å². The predicted molar refractivity (Wildman–Crippen MR) is 92.2 cm³/mol. The largest absolute Gasteiger partial charge is 0.466 e. The van der Waals surface area contributed by atoms with Gasteiger partial charge in [0.15, 0.2) is 0 Å². The molecule has 1 amide bonds. The van der Waals surface area contributed by atoms with Gasteiger partial charge in [-0.15, -0.1) is 0 Å². The van der Waals surface area contributed by atoms with E-state index in [1.807, 2.05) is 0 Å². The number of halogens is 2. The van der Waals surface area contributed by atoms with Gasteiger partial charge in [0.05, 0.1) is 24.8 Å². The lowest BCUT2D eigenvalue weighted by atomic mass is 9.84. The fourth-order valence-electron chi connectivity index (χ4n) is 3.13. The second-order valence-electron chi connectivity index (χ2n) is 6.02. The minimum atomic E-state index is -0.603. The lowest BCUT2D eigenvalue weighted by Crippen LogP contribution is -2.43. The van der Waals surface area contributed by atoms with Crippen LogP contribution in [0, 0.1) is 11.7 Å². The molecule has 1 aliphatic heterocycles. The van der Waals surface area contributed by atoms with E-state index < -0.39 is 29.8 Å². The summed E-state index contributed by atoms with van der Waals surface area (Å²) >= 11 is 5.73. The molecule has 1 aromatic rings. The number of carbonyl (C=O) groups excluding carboxylic acids is 3. The van der Waals surface area contributed by atoms with Crippen LogP contribution in [-0.4, -0.2) is 43.0 Å².